The molecule has 0 fully saturated rings. The van der Waals surface area contributed by atoms with Crippen LogP contribution in [0.1, 0.15) is 19.4 Å². The summed E-state index contributed by atoms with van der Waals surface area (Å²) in [5.74, 6) is 0.105. The van der Waals surface area contributed by atoms with Crippen molar-refractivity contribution in [2.24, 2.45) is 4.99 Å². The molecule has 16 heavy (non-hydrogen) atoms. The Labute approximate surface area is 94.5 Å². The van der Waals surface area contributed by atoms with Gasteiger partial charge in [-0.05, 0) is 26.0 Å². The minimum absolute atomic E-state index is 0.306. The smallest absolute Gasteiger partial charge is 0.341 e. The second-order valence-electron chi connectivity index (χ2n) is 3.91. The SMILES string of the molecule is CC(C)=CC1N=C(c2ccccc2)OC1=O. The lowest BCUT2D eigenvalue weighted by molar-refractivity contribution is -0.133. The van der Waals surface area contributed by atoms with E-state index >= 15 is 0 Å². The minimum Gasteiger partial charge on any atom is -0.405 e. The number of cyclic esters (lactones) is 1. The fraction of sp³-hybridized carbons (Fsp3) is 0.231. The van der Waals surface area contributed by atoms with E-state index < -0.39 is 6.04 Å². The molecule has 0 spiro atoms. The van der Waals surface area contributed by atoms with Gasteiger partial charge in [-0.1, -0.05) is 29.8 Å². The fourth-order valence-corrected chi connectivity index (χ4v) is 1.50. The van der Waals surface area contributed by atoms with Crippen molar-refractivity contribution in [1.82, 2.24) is 0 Å². The van der Waals surface area contributed by atoms with E-state index in [1.165, 1.54) is 0 Å². The molecule has 1 atom stereocenters. The molecule has 0 amide bonds. The normalized spacial score (nSPS) is 19.0. The average molecular weight is 215 g/mol. The van der Waals surface area contributed by atoms with Crippen LogP contribution in [0.15, 0.2) is 47.0 Å². The standard InChI is InChI=1S/C13H13NO2/c1-9(2)8-11-13(15)16-12(14-11)10-6-4-3-5-7-10/h3-8,11H,1-2H3. The summed E-state index contributed by atoms with van der Waals surface area (Å²) in [5, 5.41) is 0. The lowest BCUT2D eigenvalue weighted by Gasteiger charge is -1.97. The van der Waals surface area contributed by atoms with Gasteiger partial charge >= 0.3 is 5.97 Å². The Morgan fingerprint density at radius 2 is 2.00 bits per heavy atom. The zero-order valence-electron chi connectivity index (χ0n) is 9.31. The highest BCUT2D eigenvalue weighted by Gasteiger charge is 2.27. The zero-order chi connectivity index (χ0) is 11.5. The number of hydrogen-bond acceptors (Lipinski definition) is 3. The van der Waals surface area contributed by atoms with Gasteiger partial charge in [-0.15, -0.1) is 0 Å². The van der Waals surface area contributed by atoms with Crippen LogP contribution in [-0.2, 0) is 9.53 Å². The molecule has 0 radical (unpaired) electrons. The van der Waals surface area contributed by atoms with E-state index in [4.69, 9.17) is 4.74 Å². The number of nitrogens with zero attached hydrogens (tertiary/aromatic N) is 1. The number of esters is 1. The van der Waals surface area contributed by atoms with Crippen molar-refractivity contribution >= 4 is 11.9 Å². The fourth-order valence-electron chi connectivity index (χ4n) is 1.50. The maximum absolute atomic E-state index is 11.5. The molecule has 3 heteroatoms. The number of allylic oxidation sites excluding steroid dienone is 1. The third kappa shape index (κ3) is 2.19. The monoisotopic (exact) mass is 215 g/mol. The predicted molar refractivity (Wildman–Crippen MR) is 62.3 cm³/mol. The molecule has 1 aliphatic heterocycles. The van der Waals surface area contributed by atoms with Crippen LogP contribution in [0.4, 0.5) is 0 Å². The molecule has 2 rings (SSSR count). The molecule has 0 saturated heterocycles. The highest BCUT2D eigenvalue weighted by molar-refractivity contribution is 6.06. The molecular weight excluding hydrogens is 202 g/mol. The van der Waals surface area contributed by atoms with Crippen LogP contribution in [0.5, 0.6) is 0 Å². The van der Waals surface area contributed by atoms with Crippen LogP contribution >= 0.6 is 0 Å². The van der Waals surface area contributed by atoms with Crippen molar-refractivity contribution in [3.8, 4) is 0 Å². The number of ether oxygens (including phenoxy) is 1. The molecule has 1 aliphatic rings. The molecule has 1 heterocycles. The third-order valence-electron chi connectivity index (χ3n) is 2.21. The molecule has 82 valence electrons. The van der Waals surface area contributed by atoms with E-state index in [2.05, 4.69) is 4.99 Å². The van der Waals surface area contributed by atoms with Crippen LogP contribution in [0, 0.1) is 0 Å². The Morgan fingerprint density at radius 3 is 2.62 bits per heavy atom. The molecule has 1 aromatic rings. The Bertz CT molecular complexity index is 456. The van der Waals surface area contributed by atoms with E-state index in [1.54, 1.807) is 6.08 Å². The van der Waals surface area contributed by atoms with Crippen LogP contribution < -0.4 is 0 Å². The maximum Gasteiger partial charge on any atom is 0.341 e. The summed E-state index contributed by atoms with van der Waals surface area (Å²) in [4.78, 5) is 15.8. The van der Waals surface area contributed by atoms with Crippen molar-refractivity contribution in [2.75, 3.05) is 0 Å². The Morgan fingerprint density at radius 1 is 1.31 bits per heavy atom. The molecule has 0 N–H and O–H groups in total. The van der Waals surface area contributed by atoms with Gasteiger partial charge in [-0.2, -0.15) is 0 Å². The van der Waals surface area contributed by atoms with Crippen molar-refractivity contribution < 1.29 is 9.53 Å². The van der Waals surface area contributed by atoms with Gasteiger partial charge in [0.25, 0.3) is 0 Å². The number of benzene rings is 1. The van der Waals surface area contributed by atoms with E-state index in [1.807, 2.05) is 44.2 Å². The maximum atomic E-state index is 11.5. The van der Waals surface area contributed by atoms with Gasteiger partial charge in [0.1, 0.15) is 0 Å². The summed E-state index contributed by atoms with van der Waals surface area (Å²) in [5.41, 5.74) is 1.89. The highest BCUT2D eigenvalue weighted by atomic mass is 16.6. The number of hydrogen-bond donors (Lipinski definition) is 0. The number of aliphatic imine (C=N–C) groups is 1. The topological polar surface area (TPSA) is 38.7 Å². The summed E-state index contributed by atoms with van der Waals surface area (Å²) in [6, 6.07) is 8.95. The second kappa shape index (κ2) is 4.31. The first kappa shape index (κ1) is 10.6. The quantitative estimate of drug-likeness (QED) is 0.561. The van der Waals surface area contributed by atoms with E-state index in [0.717, 1.165) is 11.1 Å². The van der Waals surface area contributed by atoms with Crippen LogP contribution in [0.25, 0.3) is 0 Å². The molecule has 0 bridgehead atoms. The van der Waals surface area contributed by atoms with E-state index in [-0.39, 0.29) is 5.97 Å². The van der Waals surface area contributed by atoms with Gasteiger partial charge in [0.05, 0.1) is 0 Å². The van der Waals surface area contributed by atoms with E-state index in [0.29, 0.717) is 5.90 Å². The first-order valence-corrected chi connectivity index (χ1v) is 5.17. The molecule has 0 aliphatic carbocycles. The molecule has 1 unspecified atom stereocenters. The summed E-state index contributed by atoms with van der Waals surface area (Å²) >= 11 is 0. The third-order valence-corrected chi connectivity index (χ3v) is 2.21. The van der Waals surface area contributed by atoms with Crippen molar-refractivity contribution in [3.63, 3.8) is 0 Å². The van der Waals surface area contributed by atoms with Gasteiger partial charge in [-0.3, -0.25) is 0 Å². The molecular formula is C13H13NO2. The van der Waals surface area contributed by atoms with Gasteiger partial charge in [0.2, 0.25) is 5.90 Å². The van der Waals surface area contributed by atoms with Gasteiger partial charge < -0.3 is 4.74 Å². The number of carbonyl (C=O) groups is 1. The predicted octanol–water partition coefficient (Wildman–Crippen LogP) is 2.32. The Kier molecular flexibility index (Phi) is 2.86. The first-order chi connectivity index (χ1) is 7.66. The van der Waals surface area contributed by atoms with Gasteiger partial charge in [0.15, 0.2) is 6.04 Å². The Balaban J connectivity index is 2.27. The molecule has 1 aromatic carbocycles. The van der Waals surface area contributed by atoms with Crippen molar-refractivity contribution in [3.05, 3.63) is 47.5 Å². The molecule has 0 saturated carbocycles. The largest absolute Gasteiger partial charge is 0.405 e. The minimum atomic E-state index is -0.486. The van der Waals surface area contributed by atoms with Crippen LogP contribution in [0.3, 0.4) is 0 Å². The zero-order valence-corrected chi connectivity index (χ0v) is 9.31. The second-order valence-corrected chi connectivity index (χ2v) is 3.91. The van der Waals surface area contributed by atoms with Gasteiger partial charge in [-0.25, -0.2) is 9.79 Å². The molecule has 0 aromatic heterocycles. The first-order valence-electron chi connectivity index (χ1n) is 5.17. The number of rotatable bonds is 2. The van der Waals surface area contributed by atoms with Crippen molar-refractivity contribution in [2.45, 2.75) is 19.9 Å². The summed E-state index contributed by atoms with van der Waals surface area (Å²) < 4.78 is 5.13. The van der Waals surface area contributed by atoms with Gasteiger partial charge in [0, 0.05) is 5.56 Å². The summed E-state index contributed by atoms with van der Waals surface area (Å²) in [6.07, 6.45) is 1.80. The van der Waals surface area contributed by atoms with Crippen molar-refractivity contribution in [1.29, 1.82) is 0 Å². The van der Waals surface area contributed by atoms with E-state index in [9.17, 15) is 4.79 Å². The molecule has 3 nitrogen and oxygen atoms in total. The lowest BCUT2D eigenvalue weighted by Crippen LogP contribution is -2.12. The lowest BCUT2D eigenvalue weighted by atomic mass is 10.2. The summed E-state index contributed by atoms with van der Waals surface area (Å²) in [6.45, 7) is 3.87. The summed E-state index contributed by atoms with van der Waals surface area (Å²) in [7, 11) is 0. The van der Waals surface area contributed by atoms with Crippen LogP contribution in [-0.4, -0.2) is 17.9 Å². The highest BCUT2D eigenvalue weighted by Crippen LogP contribution is 2.15. The van der Waals surface area contributed by atoms with Crippen LogP contribution in [0.2, 0.25) is 0 Å². The average Bonchev–Trinajstić information content (AvgIpc) is 2.61. The Hall–Kier alpha value is -1.90. The number of carbonyl (C=O) groups excluding carboxylic acids is 1.